The van der Waals surface area contributed by atoms with Crippen LogP contribution in [0.25, 0.3) is 0 Å². The Kier molecular flexibility index (Phi) is 7.50. The Labute approximate surface area is 160 Å². The molecule has 8 heteroatoms. The first-order chi connectivity index (χ1) is 12.9. The van der Waals surface area contributed by atoms with Crippen molar-refractivity contribution in [2.45, 2.75) is 71.4 Å². The van der Waals surface area contributed by atoms with E-state index in [0.717, 1.165) is 38.5 Å². The molecule has 0 radical (unpaired) electrons. The largest absolute Gasteiger partial charge is 0.383 e. The Bertz CT molecular complexity index is 749. The smallest absolute Gasteiger partial charge is 0.330 e. The third-order valence-electron chi connectivity index (χ3n) is 5.49. The quantitative estimate of drug-likeness (QED) is 0.713. The highest BCUT2D eigenvalue weighted by Crippen LogP contribution is 2.22. The fourth-order valence-corrected chi connectivity index (χ4v) is 3.72. The maximum atomic E-state index is 12.8. The molecule has 1 aliphatic rings. The average molecular weight is 380 g/mol. The highest BCUT2D eigenvalue weighted by Gasteiger charge is 2.25. The molecule has 0 spiro atoms. The van der Waals surface area contributed by atoms with Crippen molar-refractivity contribution in [1.29, 1.82) is 0 Å². The number of rotatable bonds is 8. The van der Waals surface area contributed by atoms with E-state index in [-0.39, 0.29) is 30.0 Å². The number of nitrogens with one attached hydrogen (secondary N) is 1. The van der Waals surface area contributed by atoms with Gasteiger partial charge in [0.2, 0.25) is 5.91 Å². The van der Waals surface area contributed by atoms with Crippen LogP contribution in [0.5, 0.6) is 0 Å². The van der Waals surface area contributed by atoms with Crippen molar-refractivity contribution in [2.75, 3.05) is 30.8 Å². The summed E-state index contributed by atoms with van der Waals surface area (Å²) < 4.78 is 1.39. The number of nitrogen functional groups attached to an aromatic ring is 1. The predicted molar refractivity (Wildman–Crippen MR) is 108 cm³/mol. The lowest BCUT2D eigenvalue weighted by Crippen LogP contribution is -2.46. The first-order valence-corrected chi connectivity index (χ1v) is 10.0. The van der Waals surface area contributed by atoms with E-state index in [0.29, 0.717) is 13.1 Å². The zero-order valence-electron chi connectivity index (χ0n) is 16.8. The van der Waals surface area contributed by atoms with E-state index in [9.17, 15) is 14.4 Å². The number of carbonyl (C=O) groups is 1. The maximum absolute atomic E-state index is 12.8. The zero-order valence-corrected chi connectivity index (χ0v) is 16.8. The number of nitrogens with two attached hydrogens (primary N) is 1. The molecule has 0 atom stereocenters. The van der Waals surface area contributed by atoms with Gasteiger partial charge in [-0.25, -0.2) is 4.79 Å². The van der Waals surface area contributed by atoms with Gasteiger partial charge >= 0.3 is 5.69 Å². The van der Waals surface area contributed by atoms with Gasteiger partial charge in [-0.2, -0.15) is 0 Å². The molecule has 1 aromatic heterocycles. The summed E-state index contributed by atoms with van der Waals surface area (Å²) in [6.45, 7) is 4.85. The lowest BCUT2D eigenvalue weighted by molar-refractivity contribution is -0.131. The van der Waals surface area contributed by atoms with Crippen LogP contribution in [0.3, 0.4) is 0 Å². The lowest BCUT2D eigenvalue weighted by Gasteiger charge is -2.33. The third kappa shape index (κ3) is 4.93. The van der Waals surface area contributed by atoms with Gasteiger partial charge < -0.3 is 15.5 Å². The second-order valence-corrected chi connectivity index (χ2v) is 7.31. The molecule has 152 valence electrons. The van der Waals surface area contributed by atoms with Crippen LogP contribution in [-0.4, -0.2) is 46.5 Å². The Balaban J connectivity index is 2.24. The van der Waals surface area contributed by atoms with Crippen molar-refractivity contribution in [3.8, 4) is 0 Å². The van der Waals surface area contributed by atoms with Crippen molar-refractivity contribution >= 4 is 17.4 Å². The van der Waals surface area contributed by atoms with Crippen molar-refractivity contribution in [3.05, 3.63) is 20.8 Å². The Morgan fingerprint density at radius 3 is 2.48 bits per heavy atom. The molecular weight excluding hydrogens is 346 g/mol. The minimum Gasteiger partial charge on any atom is -0.383 e. The van der Waals surface area contributed by atoms with Crippen LogP contribution in [0, 0.1) is 0 Å². The van der Waals surface area contributed by atoms with Gasteiger partial charge in [0.05, 0.1) is 6.54 Å². The minimum absolute atomic E-state index is 0.0335. The molecule has 1 aliphatic carbocycles. The molecule has 0 bridgehead atoms. The number of unbranched alkanes of at least 4 members (excludes halogenated alkanes) is 1. The van der Waals surface area contributed by atoms with Crippen molar-refractivity contribution in [3.63, 3.8) is 0 Å². The number of H-pyrrole nitrogens is 1. The fourth-order valence-electron chi connectivity index (χ4n) is 3.72. The molecule has 8 nitrogen and oxygen atoms in total. The number of aromatic nitrogens is 2. The number of carbonyl (C=O) groups excluding carboxylic acids is 1. The normalized spacial score (nSPS) is 14.9. The molecule has 3 N–H and O–H groups in total. The average Bonchev–Trinajstić information content (AvgIpc) is 2.66. The van der Waals surface area contributed by atoms with E-state index in [1.165, 1.54) is 11.0 Å². The van der Waals surface area contributed by atoms with Gasteiger partial charge in [0.1, 0.15) is 11.5 Å². The molecule has 0 unspecified atom stereocenters. The van der Waals surface area contributed by atoms with Crippen LogP contribution in [-0.2, 0) is 11.3 Å². The highest BCUT2D eigenvalue weighted by molar-refractivity contribution is 5.82. The SMILES string of the molecule is CCCCn1c(N)c(N(CC)CC(=O)N(C)C2CCCCC2)c(=O)[nH]c1=O. The van der Waals surface area contributed by atoms with Crippen LogP contribution in [0.2, 0.25) is 0 Å². The number of hydrogen-bond donors (Lipinski definition) is 2. The molecule has 1 aromatic rings. The highest BCUT2D eigenvalue weighted by atomic mass is 16.2. The van der Waals surface area contributed by atoms with Gasteiger partial charge in [-0.05, 0) is 26.2 Å². The maximum Gasteiger partial charge on any atom is 0.330 e. The fraction of sp³-hybridized carbons (Fsp3) is 0.737. The molecule has 2 rings (SSSR count). The van der Waals surface area contributed by atoms with Crippen molar-refractivity contribution in [2.24, 2.45) is 0 Å². The van der Waals surface area contributed by atoms with Crippen molar-refractivity contribution in [1.82, 2.24) is 14.5 Å². The summed E-state index contributed by atoms with van der Waals surface area (Å²) in [6.07, 6.45) is 7.26. The van der Waals surface area contributed by atoms with E-state index in [4.69, 9.17) is 5.73 Å². The Morgan fingerprint density at radius 2 is 1.89 bits per heavy atom. The summed E-state index contributed by atoms with van der Waals surface area (Å²) in [5.41, 5.74) is 5.34. The summed E-state index contributed by atoms with van der Waals surface area (Å²) >= 11 is 0. The van der Waals surface area contributed by atoms with E-state index in [1.807, 2.05) is 20.9 Å². The lowest BCUT2D eigenvalue weighted by atomic mass is 9.94. The molecule has 1 amide bonds. The van der Waals surface area contributed by atoms with E-state index in [2.05, 4.69) is 4.98 Å². The van der Waals surface area contributed by atoms with Gasteiger partial charge in [-0.3, -0.25) is 19.1 Å². The zero-order chi connectivity index (χ0) is 20.0. The Morgan fingerprint density at radius 1 is 1.22 bits per heavy atom. The van der Waals surface area contributed by atoms with Crippen LogP contribution in [0.4, 0.5) is 11.5 Å². The molecule has 1 saturated carbocycles. The second kappa shape index (κ2) is 9.62. The summed E-state index contributed by atoms with van der Waals surface area (Å²) in [7, 11) is 1.84. The number of amides is 1. The second-order valence-electron chi connectivity index (χ2n) is 7.31. The number of aromatic amines is 1. The summed E-state index contributed by atoms with van der Waals surface area (Å²) in [5, 5.41) is 0. The first kappa shape index (κ1) is 21.1. The number of hydrogen-bond acceptors (Lipinski definition) is 5. The topological polar surface area (TPSA) is 104 Å². The molecule has 0 aromatic carbocycles. The van der Waals surface area contributed by atoms with Crippen LogP contribution in [0.1, 0.15) is 58.8 Å². The summed E-state index contributed by atoms with van der Waals surface area (Å²) in [4.78, 5) is 43.1. The van der Waals surface area contributed by atoms with Crippen molar-refractivity contribution < 1.29 is 4.79 Å². The van der Waals surface area contributed by atoms with Gasteiger partial charge in [-0.1, -0.05) is 32.6 Å². The Hall–Kier alpha value is -2.25. The molecule has 1 fully saturated rings. The monoisotopic (exact) mass is 379 g/mol. The van der Waals surface area contributed by atoms with Crippen LogP contribution in [0.15, 0.2) is 9.59 Å². The molecule has 27 heavy (non-hydrogen) atoms. The predicted octanol–water partition coefficient (Wildman–Crippen LogP) is 1.54. The number of likely N-dealkylation sites (N-methyl/N-ethyl adjacent to an activating group) is 2. The number of nitrogens with zero attached hydrogens (tertiary/aromatic N) is 3. The van der Waals surface area contributed by atoms with E-state index < -0.39 is 11.2 Å². The van der Waals surface area contributed by atoms with Gasteiger partial charge in [0.15, 0.2) is 0 Å². The number of anilines is 2. The molecular formula is C19H33N5O3. The third-order valence-corrected chi connectivity index (χ3v) is 5.49. The standard InChI is InChI=1S/C19H33N5O3/c1-4-6-12-24-17(20)16(18(26)21-19(24)27)23(5-2)13-15(25)22(3)14-10-8-7-9-11-14/h14H,4-13,20H2,1-3H3,(H,21,26,27). The minimum atomic E-state index is -0.541. The first-order valence-electron chi connectivity index (χ1n) is 10.0. The molecule has 0 aliphatic heterocycles. The summed E-state index contributed by atoms with van der Waals surface area (Å²) in [5.74, 6) is 0.0982. The van der Waals surface area contributed by atoms with Crippen LogP contribution < -0.4 is 21.9 Å². The van der Waals surface area contributed by atoms with E-state index >= 15 is 0 Å². The molecule has 0 saturated heterocycles. The molecule has 1 heterocycles. The van der Waals surface area contributed by atoms with Gasteiger partial charge in [-0.15, -0.1) is 0 Å². The van der Waals surface area contributed by atoms with Gasteiger partial charge in [0, 0.05) is 26.2 Å². The van der Waals surface area contributed by atoms with Gasteiger partial charge in [0.25, 0.3) is 5.56 Å². The van der Waals surface area contributed by atoms with E-state index in [1.54, 1.807) is 9.80 Å². The van der Waals surface area contributed by atoms with Crippen LogP contribution >= 0.6 is 0 Å². The summed E-state index contributed by atoms with van der Waals surface area (Å²) in [6, 6.07) is 0.263.